The highest BCUT2D eigenvalue weighted by molar-refractivity contribution is 5.86. The SMILES string of the molecule is NNCc1cccc2cc(O)ccc12. The summed E-state index contributed by atoms with van der Waals surface area (Å²) in [6, 6.07) is 11.3. The molecule has 0 amide bonds. The first-order valence-corrected chi connectivity index (χ1v) is 4.45. The number of nitrogens with two attached hydrogens (primary N) is 1. The van der Waals surface area contributed by atoms with Gasteiger partial charge in [-0.3, -0.25) is 11.3 Å². The molecule has 0 unspecified atom stereocenters. The highest BCUT2D eigenvalue weighted by atomic mass is 16.3. The van der Waals surface area contributed by atoms with E-state index in [0.717, 1.165) is 16.3 Å². The first-order chi connectivity index (χ1) is 6.81. The fourth-order valence-corrected chi connectivity index (χ4v) is 1.60. The van der Waals surface area contributed by atoms with E-state index in [0.29, 0.717) is 6.54 Å². The Balaban J connectivity index is 2.62. The van der Waals surface area contributed by atoms with Crippen LogP contribution >= 0.6 is 0 Å². The van der Waals surface area contributed by atoms with Crippen LogP contribution in [0.5, 0.6) is 5.75 Å². The number of fused-ring (bicyclic) bond motifs is 1. The first-order valence-electron chi connectivity index (χ1n) is 4.45. The lowest BCUT2D eigenvalue weighted by Gasteiger charge is -2.05. The number of aromatic hydroxyl groups is 1. The van der Waals surface area contributed by atoms with E-state index in [4.69, 9.17) is 5.84 Å². The second kappa shape index (κ2) is 3.65. The van der Waals surface area contributed by atoms with Crippen molar-refractivity contribution in [3.8, 4) is 5.75 Å². The van der Waals surface area contributed by atoms with Crippen LogP contribution in [-0.4, -0.2) is 5.11 Å². The Morgan fingerprint density at radius 2 is 2.07 bits per heavy atom. The Labute approximate surface area is 82.1 Å². The summed E-state index contributed by atoms with van der Waals surface area (Å²) in [5.74, 6) is 5.57. The Bertz CT molecular complexity index is 454. The van der Waals surface area contributed by atoms with Gasteiger partial charge in [0, 0.05) is 6.54 Å². The molecule has 2 rings (SSSR count). The normalized spacial score (nSPS) is 10.6. The summed E-state index contributed by atoms with van der Waals surface area (Å²) in [6.07, 6.45) is 0. The maximum Gasteiger partial charge on any atom is 0.116 e. The number of rotatable bonds is 2. The van der Waals surface area contributed by atoms with Crippen LogP contribution in [0.4, 0.5) is 0 Å². The van der Waals surface area contributed by atoms with Crippen molar-refractivity contribution in [1.29, 1.82) is 0 Å². The molecule has 0 spiro atoms. The lowest BCUT2D eigenvalue weighted by atomic mass is 10.0. The summed E-state index contributed by atoms with van der Waals surface area (Å²) in [7, 11) is 0. The van der Waals surface area contributed by atoms with Crippen LogP contribution in [0, 0.1) is 0 Å². The first kappa shape index (κ1) is 8.99. The van der Waals surface area contributed by atoms with E-state index in [1.807, 2.05) is 24.3 Å². The molecule has 0 saturated carbocycles. The number of phenols is 1. The molecule has 3 heteroatoms. The van der Waals surface area contributed by atoms with Crippen LogP contribution in [0.1, 0.15) is 5.56 Å². The highest BCUT2D eigenvalue weighted by Gasteiger charge is 2.00. The predicted octanol–water partition coefficient (Wildman–Crippen LogP) is 1.51. The monoisotopic (exact) mass is 188 g/mol. The molecule has 0 aromatic heterocycles. The molecule has 0 aliphatic heterocycles. The average molecular weight is 188 g/mol. The number of hydrogen-bond acceptors (Lipinski definition) is 3. The third-order valence-electron chi connectivity index (χ3n) is 2.25. The van der Waals surface area contributed by atoms with Crippen LogP contribution in [0.2, 0.25) is 0 Å². The molecule has 0 aliphatic rings. The molecule has 0 atom stereocenters. The predicted molar refractivity (Wildman–Crippen MR) is 56.6 cm³/mol. The van der Waals surface area contributed by atoms with Crippen molar-refractivity contribution in [3.63, 3.8) is 0 Å². The van der Waals surface area contributed by atoms with E-state index in [-0.39, 0.29) is 5.75 Å². The summed E-state index contributed by atoms with van der Waals surface area (Å²) in [4.78, 5) is 0. The van der Waals surface area contributed by atoms with Crippen LogP contribution in [0.3, 0.4) is 0 Å². The molecule has 2 aromatic carbocycles. The lowest BCUT2D eigenvalue weighted by molar-refractivity contribution is 0.476. The van der Waals surface area contributed by atoms with E-state index in [1.165, 1.54) is 0 Å². The summed E-state index contributed by atoms with van der Waals surface area (Å²) in [6.45, 7) is 0.627. The largest absolute Gasteiger partial charge is 0.508 e. The van der Waals surface area contributed by atoms with Gasteiger partial charge in [0.2, 0.25) is 0 Å². The molecule has 14 heavy (non-hydrogen) atoms. The second-order valence-corrected chi connectivity index (χ2v) is 3.20. The molecule has 3 nitrogen and oxygen atoms in total. The van der Waals surface area contributed by atoms with Crippen molar-refractivity contribution in [2.75, 3.05) is 0 Å². The van der Waals surface area contributed by atoms with Crippen molar-refractivity contribution in [2.45, 2.75) is 6.54 Å². The quantitative estimate of drug-likeness (QED) is 0.494. The minimum absolute atomic E-state index is 0.287. The van der Waals surface area contributed by atoms with Gasteiger partial charge in [0.1, 0.15) is 5.75 Å². The van der Waals surface area contributed by atoms with E-state index < -0.39 is 0 Å². The van der Waals surface area contributed by atoms with Gasteiger partial charge in [0.05, 0.1) is 0 Å². The Hall–Kier alpha value is -1.58. The van der Waals surface area contributed by atoms with Crippen LogP contribution in [0.25, 0.3) is 10.8 Å². The smallest absolute Gasteiger partial charge is 0.116 e. The minimum Gasteiger partial charge on any atom is -0.508 e. The number of nitrogens with one attached hydrogen (secondary N) is 1. The van der Waals surface area contributed by atoms with Crippen LogP contribution < -0.4 is 11.3 Å². The maximum atomic E-state index is 9.31. The zero-order valence-corrected chi connectivity index (χ0v) is 7.70. The Morgan fingerprint density at radius 3 is 2.86 bits per heavy atom. The van der Waals surface area contributed by atoms with Gasteiger partial charge in [-0.1, -0.05) is 24.3 Å². The van der Waals surface area contributed by atoms with Gasteiger partial charge in [-0.05, 0) is 28.5 Å². The van der Waals surface area contributed by atoms with Gasteiger partial charge in [-0.15, -0.1) is 0 Å². The van der Waals surface area contributed by atoms with Crippen molar-refractivity contribution in [3.05, 3.63) is 42.0 Å². The highest BCUT2D eigenvalue weighted by Crippen LogP contribution is 2.22. The third kappa shape index (κ3) is 1.55. The number of hydrogen-bond donors (Lipinski definition) is 3. The van der Waals surface area contributed by atoms with E-state index in [2.05, 4.69) is 5.43 Å². The number of benzene rings is 2. The zero-order chi connectivity index (χ0) is 9.97. The molecule has 4 N–H and O–H groups in total. The van der Waals surface area contributed by atoms with Gasteiger partial charge in [0.25, 0.3) is 0 Å². The molecule has 0 saturated heterocycles. The molecule has 0 radical (unpaired) electrons. The Morgan fingerprint density at radius 1 is 1.21 bits per heavy atom. The molecule has 0 fully saturated rings. The Kier molecular flexibility index (Phi) is 2.35. The third-order valence-corrected chi connectivity index (χ3v) is 2.25. The number of hydrazine groups is 1. The number of phenolic OH excluding ortho intramolecular Hbond substituents is 1. The van der Waals surface area contributed by atoms with E-state index >= 15 is 0 Å². The molecule has 2 aromatic rings. The van der Waals surface area contributed by atoms with E-state index in [9.17, 15) is 5.11 Å². The van der Waals surface area contributed by atoms with Crippen molar-refractivity contribution in [1.82, 2.24) is 5.43 Å². The van der Waals surface area contributed by atoms with Gasteiger partial charge < -0.3 is 5.11 Å². The van der Waals surface area contributed by atoms with Crippen LogP contribution in [-0.2, 0) is 6.54 Å². The van der Waals surface area contributed by atoms with Crippen molar-refractivity contribution >= 4 is 10.8 Å². The summed E-state index contributed by atoms with van der Waals surface area (Å²) in [5.41, 5.74) is 3.76. The standard InChI is InChI=1S/C11H12N2O/c12-13-7-9-3-1-2-8-6-10(14)4-5-11(8)9/h1-6,13-14H,7,12H2. The van der Waals surface area contributed by atoms with Crippen LogP contribution in [0.15, 0.2) is 36.4 Å². The molecule has 0 heterocycles. The molecular weight excluding hydrogens is 176 g/mol. The van der Waals surface area contributed by atoms with Crippen molar-refractivity contribution in [2.24, 2.45) is 5.84 Å². The second-order valence-electron chi connectivity index (χ2n) is 3.20. The van der Waals surface area contributed by atoms with Gasteiger partial charge in [0.15, 0.2) is 0 Å². The molecule has 0 bridgehead atoms. The topological polar surface area (TPSA) is 58.3 Å². The molecule has 72 valence electrons. The fraction of sp³-hybridized carbons (Fsp3) is 0.0909. The summed E-state index contributed by atoms with van der Waals surface area (Å²) >= 11 is 0. The van der Waals surface area contributed by atoms with Gasteiger partial charge in [-0.2, -0.15) is 0 Å². The summed E-state index contributed by atoms with van der Waals surface area (Å²) < 4.78 is 0. The average Bonchev–Trinajstić information content (AvgIpc) is 2.18. The van der Waals surface area contributed by atoms with E-state index in [1.54, 1.807) is 12.1 Å². The lowest BCUT2D eigenvalue weighted by Crippen LogP contribution is -2.20. The fourth-order valence-electron chi connectivity index (χ4n) is 1.60. The molecular formula is C11H12N2O. The minimum atomic E-state index is 0.287. The summed E-state index contributed by atoms with van der Waals surface area (Å²) in [5, 5.41) is 11.5. The van der Waals surface area contributed by atoms with Crippen molar-refractivity contribution < 1.29 is 5.11 Å². The zero-order valence-electron chi connectivity index (χ0n) is 7.70. The molecule has 0 aliphatic carbocycles. The van der Waals surface area contributed by atoms with Gasteiger partial charge in [-0.25, -0.2) is 0 Å². The maximum absolute atomic E-state index is 9.31. The van der Waals surface area contributed by atoms with Gasteiger partial charge >= 0.3 is 0 Å².